The molecule has 0 aliphatic carbocycles. The van der Waals surface area contributed by atoms with Gasteiger partial charge in [0, 0.05) is 0 Å². The first-order valence-electron chi connectivity index (χ1n) is 2.20. The Hall–Kier alpha value is -0.530. The zero-order valence-electron chi connectivity index (χ0n) is 3.76. The van der Waals surface area contributed by atoms with Gasteiger partial charge in [0.05, 0.1) is 7.05 Å². The molecule has 0 spiro atoms. The zero-order valence-corrected chi connectivity index (χ0v) is 3.76. The average molecular weight is 83.1 g/mol. The monoisotopic (exact) mass is 83.1 g/mol. The molecule has 0 bridgehead atoms. The summed E-state index contributed by atoms with van der Waals surface area (Å²) in [6, 6.07) is 0. The molecule has 0 N–H and O–H groups in total. The summed E-state index contributed by atoms with van der Waals surface area (Å²) in [5.41, 5.74) is 0. The summed E-state index contributed by atoms with van der Waals surface area (Å²) < 4.78 is 2.22. The Morgan fingerprint density at radius 1 is 2.00 bits per heavy atom. The standard InChI is InChI=1S/C4H7N2/c1-5-3-6-2-4(5)6/h3-4H,2H2,1H3/q+1. The van der Waals surface area contributed by atoms with Gasteiger partial charge in [0.2, 0.25) is 6.34 Å². The molecule has 1 unspecified atom stereocenters. The van der Waals surface area contributed by atoms with Crippen LogP contribution in [0.5, 0.6) is 0 Å². The minimum absolute atomic E-state index is 0.810. The smallest absolute Gasteiger partial charge is 0.227 e. The quantitative estimate of drug-likeness (QED) is 0.277. The van der Waals surface area contributed by atoms with Crippen LogP contribution in [0.15, 0.2) is 0 Å². The number of hydrogen-bond acceptors (Lipinski definition) is 1. The van der Waals surface area contributed by atoms with Crippen molar-refractivity contribution in [2.45, 2.75) is 6.17 Å². The summed E-state index contributed by atoms with van der Waals surface area (Å²) in [6.45, 7) is 1.27. The summed E-state index contributed by atoms with van der Waals surface area (Å²) in [5, 5.41) is 0. The van der Waals surface area contributed by atoms with E-state index in [-0.39, 0.29) is 0 Å². The fourth-order valence-electron chi connectivity index (χ4n) is 0.869. The highest BCUT2D eigenvalue weighted by atomic mass is 15.5. The molecular formula is C4H7N2+. The van der Waals surface area contributed by atoms with E-state index in [1.165, 1.54) is 6.54 Å². The molecule has 2 rings (SSSR count). The van der Waals surface area contributed by atoms with E-state index < -0.39 is 0 Å². The second kappa shape index (κ2) is 0.491. The topological polar surface area (TPSA) is 6.02 Å². The van der Waals surface area contributed by atoms with Gasteiger partial charge in [0.25, 0.3) is 6.17 Å². The molecule has 2 nitrogen and oxygen atoms in total. The van der Waals surface area contributed by atoms with Gasteiger partial charge >= 0.3 is 0 Å². The number of hydrogen-bond donors (Lipinski definition) is 0. The minimum Gasteiger partial charge on any atom is -0.227 e. The van der Waals surface area contributed by atoms with E-state index in [1.54, 1.807) is 0 Å². The lowest BCUT2D eigenvalue weighted by molar-refractivity contribution is -0.544. The van der Waals surface area contributed by atoms with E-state index in [1.807, 2.05) is 0 Å². The lowest BCUT2D eigenvalue weighted by Gasteiger charge is -2.00. The van der Waals surface area contributed by atoms with Crippen molar-refractivity contribution in [3.8, 4) is 0 Å². The molecule has 1 atom stereocenters. The Kier molecular flexibility index (Phi) is 0.214. The Balaban J connectivity index is 2.34. The normalized spacial score (nSPS) is 37.2. The van der Waals surface area contributed by atoms with Gasteiger partial charge in [-0.25, -0.2) is 9.48 Å². The van der Waals surface area contributed by atoms with Crippen LogP contribution in [0.3, 0.4) is 0 Å². The highest BCUT2D eigenvalue weighted by molar-refractivity contribution is 5.57. The van der Waals surface area contributed by atoms with E-state index in [9.17, 15) is 0 Å². The minimum atomic E-state index is 0.810. The zero-order chi connectivity index (χ0) is 4.15. The molecule has 0 radical (unpaired) electrons. The molecule has 6 heavy (non-hydrogen) atoms. The maximum absolute atomic E-state index is 2.29. The van der Waals surface area contributed by atoms with Crippen LogP contribution in [0.2, 0.25) is 0 Å². The van der Waals surface area contributed by atoms with Gasteiger partial charge < -0.3 is 0 Å². The van der Waals surface area contributed by atoms with E-state index in [4.69, 9.17) is 0 Å². The largest absolute Gasteiger partial charge is 0.271 e. The Morgan fingerprint density at radius 3 is 2.83 bits per heavy atom. The van der Waals surface area contributed by atoms with E-state index in [2.05, 4.69) is 22.9 Å². The number of fused-ring (bicyclic) bond motifs is 1. The molecule has 0 aromatic heterocycles. The van der Waals surface area contributed by atoms with Crippen LogP contribution in [0.25, 0.3) is 0 Å². The first kappa shape index (κ1) is 2.61. The van der Waals surface area contributed by atoms with Crippen LogP contribution >= 0.6 is 0 Å². The first-order chi connectivity index (χ1) is 2.88. The molecule has 2 heterocycles. The van der Waals surface area contributed by atoms with Gasteiger partial charge in [-0.2, -0.15) is 0 Å². The van der Waals surface area contributed by atoms with Gasteiger partial charge in [-0.15, -0.1) is 0 Å². The Labute approximate surface area is 36.7 Å². The molecule has 2 aliphatic rings. The number of likely N-dealkylation sites (N-methyl/N-ethyl adjacent to an activating group) is 1. The van der Waals surface area contributed by atoms with Crippen molar-refractivity contribution in [1.82, 2.24) is 4.90 Å². The Bertz CT molecular complexity index is 117. The summed E-state index contributed by atoms with van der Waals surface area (Å²) in [5.74, 6) is 0. The molecule has 1 saturated heterocycles. The summed E-state index contributed by atoms with van der Waals surface area (Å²) in [7, 11) is 2.11. The van der Waals surface area contributed by atoms with E-state index in [0.717, 1.165) is 6.17 Å². The molecule has 0 aromatic carbocycles. The third kappa shape index (κ3) is 0.117. The van der Waals surface area contributed by atoms with Crippen LogP contribution in [0.1, 0.15) is 0 Å². The van der Waals surface area contributed by atoms with Crippen LogP contribution in [0.4, 0.5) is 0 Å². The van der Waals surface area contributed by atoms with Crippen LogP contribution in [0, 0.1) is 0 Å². The first-order valence-corrected chi connectivity index (χ1v) is 2.20. The highest BCUT2D eigenvalue weighted by Gasteiger charge is 2.52. The van der Waals surface area contributed by atoms with Crippen molar-refractivity contribution < 1.29 is 4.58 Å². The van der Waals surface area contributed by atoms with Crippen molar-refractivity contribution >= 4 is 6.34 Å². The third-order valence-corrected chi connectivity index (χ3v) is 1.42. The molecule has 32 valence electrons. The van der Waals surface area contributed by atoms with Crippen LogP contribution < -0.4 is 0 Å². The lowest BCUT2D eigenvalue weighted by Crippen LogP contribution is -2.27. The van der Waals surface area contributed by atoms with Gasteiger partial charge in [-0.3, -0.25) is 0 Å². The average Bonchev–Trinajstić information content (AvgIpc) is 2.12. The van der Waals surface area contributed by atoms with E-state index >= 15 is 0 Å². The lowest BCUT2D eigenvalue weighted by atomic mass is 10.7. The fraction of sp³-hybridized carbons (Fsp3) is 0.750. The number of nitrogens with zero attached hydrogens (tertiary/aromatic N) is 2. The summed E-state index contributed by atoms with van der Waals surface area (Å²) in [4.78, 5) is 2.29. The van der Waals surface area contributed by atoms with Gasteiger partial charge in [0.1, 0.15) is 0 Å². The van der Waals surface area contributed by atoms with Crippen molar-refractivity contribution in [2.75, 3.05) is 13.6 Å². The van der Waals surface area contributed by atoms with Crippen LogP contribution in [-0.4, -0.2) is 35.6 Å². The van der Waals surface area contributed by atoms with Crippen LogP contribution in [-0.2, 0) is 0 Å². The fourth-order valence-corrected chi connectivity index (χ4v) is 0.869. The molecular weight excluding hydrogens is 76.1 g/mol. The highest BCUT2D eigenvalue weighted by Crippen LogP contribution is 2.20. The molecule has 0 aromatic rings. The van der Waals surface area contributed by atoms with Gasteiger partial charge in [-0.05, 0) is 0 Å². The van der Waals surface area contributed by atoms with Crippen molar-refractivity contribution in [3.05, 3.63) is 0 Å². The van der Waals surface area contributed by atoms with E-state index in [0.29, 0.717) is 0 Å². The van der Waals surface area contributed by atoms with Crippen molar-refractivity contribution in [1.29, 1.82) is 0 Å². The predicted octanol–water partition coefficient (Wildman–Crippen LogP) is -0.688. The Morgan fingerprint density at radius 2 is 2.83 bits per heavy atom. The van der Waals surface area contributed by atoms with Gasteiger partial charge in [0.15, 0.2) is 6.54 Å². The second-order valence-electron chi connectivity index (χ2n) is 1.96. The summed E-state index contributed by atoms with van der Waals surface area (Å²) >= 11 is 0. The molecule has 0 saturated carbocycles. The maximum atomic E-state index is 2.29. The maximum Gasteiger partial charge on any atom is 0.271 e. The third-order valence-electron chi connectivity index (χ3n) is 1.42. The predicted molar refractivity (Wildman–Crippen MR) is 22.7 cm³/mol. The van der Waals surface area contributed by atoms with Gasteiger partial charge in [-0.1, -0.05) is 0 Å². The summed E-state index contributed by atoms with van der Waals surface area (Å²) in [6.07, 6.45) is 2.94. The molecule has 2 heteroatoms. The molecule has 0 amide bonds. The molecule has 2 aliphatic heterocycles. The number of rotatable bonds is 0. The van der Waals surface area contributed by atoms with Crippen molar-refractivity contribution in [3.63, 3.8) is 0 Å². The second-order valence-corrected chi connectivity index (χ2v) is 1.96. The van der Waals surface area contributed by atoms with Crippen molar-refractivity contribution in [2.24, 2.45) is 0 Å². The SMILES string of the molecule is C[N+]1=CN2CC21. The molecule has 1 fully saturated rings.